The highest BCUT2D eigenvalue weighted by Gasteiger charge is 2.13. The second kappa shape index (κ2) is 9.39. The van der Waals surface area contributed by atoms with Crippen LogP contribution in [0.4, 0.5) is 11.4 Å². The summed E-state index contributed by atoms with van der Waals surface area (Å²) >= 11 is 0. The number of carbonyl (C=O) groups is 1. The molecule has 1 N–H and O–H groups in total. The van der Waals surface area contributed by atoms with Gasteiger partial charge in [-0.2, -0.15) is 0 Å². The van der Waals surface area contributed by atoms with Gasteiger partial charge >= 0.3 is 0 Å². The first-order chi connectivity index (χ1) is 15.5. The van der Waals surface area contributed by atoms with E-state index < -0.39 is 0 Å². The number of anilines is 2. The standard InChI is InChI=1S/C26H25N5O/c1-18-9-10-19(26(32)30-21-6-4-7-22(16-21)31(2)3)14-20(18)15-25-23(8-5-12-28-25)24-11-13-27-17-29-24/h4-14,16-17H,15H2,1-3H3,(H,30,32). The minimum Gasteiger partial charge on any atom is -0.378 e. The van der Waals surface area contributed by atoms with Gasteiger partial charge in [-0.25, -0.2) is 9.97 Å². The van der Waals surface area contributed by atoms with E-state index in [-0.39, 0.29) is 5.91 Å². The van der Waals surface area contributed by atoms with E-state index in [1.54, 1.807) is 12.4 Å². The average molecular weight is 424 g/mol. The molecular formula is C26H25N5O. The van der Waals surface area contributed by atoms with E-state index in [0.717, 1.165) is 39.5 Å². The molecule has 0 aliphatic heterocycles. The van der Waals surface area contributed by atoms with Gasteiger partial charge in [-0.05, 0) is 66.6 Å². The number of aromatic nitrogens is 3. The minimum atomic E-state index is -0.140. The Morgan fingerprint density at radius 2 is 1.84 bits per heavy atom. The van der Waals surface area contributed by atoms with Crippen molar-refractivity contribution in [3.63, 3.8) is 0 Å². The average Bonchev–Trinajstić information content (AvgIpc) is 2.81. The highest BCUT2D eigenvalue weighted by molar-refractivity contribution is 6.04. The molecule has 160 valence electrons. The van der Waals surface area contributed by atoms with Crippen molar-refractivity contribution in [2.45, 2.75) is 13.3 Å². The molecule has 0 atom stereocenters. The fraction of sp³-hybridized carbons (Fsp3) is 0.154. The summed E-state index contributed by atoms with van der Waals surface area (Å²) in [6, 6.07) is 19.3. The van der Waals surface area contributed by atoms with E-state index in [2.05, 4.69) is 20.3 Å². The molecule has 0 saturated heterocycles. The van der Waals surface area contributed by atoms with Gasteiger partial charge in [-0.3, -0.25) is 9.78 Å². The molecule has 4 rings (SSSR count). The fourth-order valence-corrected chi connectivity index (χ4v) is 3.51. The van der Waals surface area contributed by atoms with E-state index in [9.17, 15) is 4.79 Å². The fourth-order valence-electron chi connectivity index (χ4n) is 3.51. The largest absolute Gasteiger partial charge is 0.378 e. The Morgan fingerprint density at radius 1 is 0.969 bits per heavy atom. The summed E-state index contributed by atoms with van der Waals surface area (Å²) in [5.41, 5.74) is 7.26. The number of nitrogens with zero attached hydrogens (tertiary/aromatic N) is 4. The van der Waals surface area contributed by atoms with Crippen molar-refractivity contribution in [2.24, 2.45) is 0 Å². The van der Waals surface area contributed by atoms with E-state index in [4.69, 9.17) is 0 Å². The number of pyridine rings is 1. The molecule has 0 spiro atoms. The van der Waals surface area contributed by atoms with Gasteiger partial charge in [-0.1, -0.05) is 12.1 Å². The van der Waals surface area contributed by atoms with Crippen molar-refractivity contribution in [3.8, 4) is 11.3 Å². The third kappa shape index (κ3) is 4.81. The maximum Gasteiger partial charge on any atom is 0.255 e. The van der Waals surface area contributed by atoms with Crippen molar-refractivity contribution < 1.29 is 4.79 Å². The SMILES string of the molecule is Cc1ccc(C(=O)Nc2cccc(N(C)C)c2)cc1Cc1ncccc1-c1ccncn1. The van der Waals surface area contributed by atoms with Gasteiger partial charge in [0, 0.05) is 55.4 Å². The first-order valence-electron chi connectivity index (χ1n) is 10.4. The molecule has 32 heavy (non-hydrogen) atoms. The molecule has 4 aromatic rings. The first-order valence-corrected chi connectivity index (χ1v) is 10.4. The van der Waals surface area contributed by atoms with Crippen LogP contribution in [-0.4, -0.2) is 35.0 Å². The van der Waals surface area contributed by atoms with Crippen LogP contribution in [0.2, 0.25) is 0 Å². The zero-order valence-corrected chi connectivity index (χ0v) is 18.4. The third-order valence-electron chi connectivity index (χ3n) is 5.34. The number of rotatable bonds is 6. The Balaban J connectivity index is 1.59. The lowest BCUT2D eigenvalue weighted by Gasteiger charge is -2.14. The second-order valence-corrected chi connectivity index (χ2v) is 7.81. The van der Waals surface area contributed by atoms with Crippen LogP contribution in [0.1, 0.15) is 27.2 Å². The molecule has 0 aliphatic rings. The molecule has 0 bridgehead atoms. The lowest BCUT2D eigenvalue weighted by atomic mass is 9.97. The summed E-state index contributed by atoms with van der Waals surface area (Å²) in [5, 5.41) is 3.00. The normalized spacial score (nSPS) is 10.6. The second-order valence-electron chi connectivity index (χ2n) is 7.81. The smallest absolute Gasteiger partial charge is 0.255 e. The van der Waals surface area contributed by atoms with Crippen LogP contribution in [-0.2, 0) is 6.42 Å². The summed E-state index contributed by atoms with van der Waals surface area (Å²) in [6.45, 7) is 2.05. The van der Waals surface area contributed by atoms with E-state index in [1.807, 2.05) is 86.6 Å². The predicted octanol–water partition coefficient (Wildman–Crippen LogP) is 4.76. The van der Waals surface area contributed by atoms with Crippen LogP contribution in [0, 0.1) is 6.92 Å². The molecule has 6 nitrogen and oxygen atoms in total. The summed E-state index contributed by atoms with van der Waals surface area (Å²) < 4.78 is 0. The predicted molar refractivity (Wildman–Crippen MR) is 128 cm³/mol. The summed E-state index contributed by atoms with van der Waals surface area (Å²) in [7, 11) is 3.95. The van der Waals surface area contributed by atoms with E-state index >= 15 is 0 Å². The van der Waals surface area contributed by atoms with Crippen LogP contribution in [0.25, 0.3) is 11.3 Å². The maximum absolute atomic E-state index is 12.9. The number of carbonyl (C=O) groups excluding carboxylic acids is 1. The zero-order chi connectivity index (χ0) is 22.5. The Morgan fingerprint density at radius 3 is 2.62 bits per heavy atom. The van der Waals surface area contributed by atoms with Crippen LogP contribution in [0.3, 0.4) is 0 Å². The van der Waals surface area contributed by atoms with E-state index in [1.165, 1.54) is 6.33 Å². The summed E-state index contributed by atoms with van der Waals surface area (Å²) in [4.78, 5) is 27.9. The van der Waals surface area contributed by atoms with Gasteiger partial charge in [0.1, 0.15) is 6.33 Å². The van der Waals surface area contributed by atoms with Gasteiger partial charge in [0.2, 0.25) is 0 Å². The number of hydrogen-bond acceptors (Lipinski definition) is 5. The molecule has 2 aromatic heterocycles. The monoisotopic (exact) mass is 423 g/mol. The van der Waals surface area contributed by atoms with Gasteiger partial charge in [0.15, 0.2) is 0 Å². The Labute approximate surface area is 188 Å². The highest BCUT2D eigenvalue weighted by atomic mass is 16.1. The first kappa shape index (κ1) is 21.2. The molecule has 2 aromatic carbocycles. The number of benzene rings is 2. The summed E-state index contributed by atoms with van der Waals surface area (Å²) in [5.74, 6) is -0.140. The van der Waals surface area contributed by atoms with E-state index in [0.29, 0.717) is 12.0 Å². The maximum atomic E-state index is 12.9. The van der Waals surface area contributed by atoms with Gasteiger partial charge < -0.3 is 10.2 Å². The van der Waals surface area contributed by atoms with Crippen LogP contribution in [0.5, 0.6) is 0 Å². The van der Waals surface area contributed by atoms with Crippen LogP contribution < -0.4 is 10.2 Å². The lowest BCUT2D eigenvalue weighted by Crippen LogP contribution is -2.14. The van der Waals surface area contributed by atoms with Gasteiger partial charge in [0.25, 0.3) is 5.91 Å². The van der Waals surface area contributed by atoms with Gasteiger partial charge in [-0.15, -0.1) is 0 Å². The van der Waals surface area contributed by atoms with Crippen molar-refractivity contribution in [1.82, 2.24) is 15.0 Å². The lowest BCUT2D eigenvalue weighted by molar-refractivity contribution is 0.102. The molecule has 0 radical (unpaired) electrons. The summed E-state index contributed by atoms with van der Waals surface area (Å²) in [6.07, 6.45) is 5.64. The molecule has 6 heteroatoms. The minimum absolute atomic E-state index is 0.140. The van der Waals surface area contributed by atoms with Crippen LogP contribution >= 0.6 is 0 Å². The molecule has 0 aliphatic carbocycles. The number of hydrogen-bond donors (Lipinski definition) is 1. The molecule has 1 amide bonds. The Bertz CT molecular complexity index is 1240. The van der Waals surface area contributed by atoms with Crippen molar-refractivity contribution in [3.05, 3.63) is 102 Å². The molecule has 0 saturated carbocycles. The Hall–Kier alpha value is -4.06. The highest BCUT2D eigenvalue weighted by Crippen LogP contribution is 2.24. The van der Waals surface area contributed by atoms with Crippen LogP contribution in [0.15, 0.2) is 79.4 Å². The molecule has 0 fully saturated rings. The Kier molecular flexibility index (Phi) is 6.22. The topological polar surface area (TPSA) is 71.0 Å². The van der Waals surface area contributed by atoms with Crippen molar-refractivity contribution in [1.29, 1.82) is 0 Å². The molecule has 0 unspecified atom stereocenters. The molecule has 2 heterocycles. The number of amides is 1. The van der Waals surface area contributed by atoms with Gasteiger partial charge in [0.05, 0.1) is 11.4 Å². The zero-order valence-electron chi connectivity index (χ0n) is 18.4. The van der Waals surface area contributed by atoms with Crippen molar-refractivity contribution >= 4 is 17.3 Å². The third-order valence-corrected chi connectivity index (χ3v) is 5.34. The number of aryl methyl sites for hydroxylation is 1. The van der Waals surface area contributed by atoms with Crippen molar-refractivity contribution in [2.75, 3.05) is 24.3 Å². The number of nitrogens with one attached hydrogen (secondary N) is 1. The molecular weight excluding hydrogens is 398 g/mol. The quantitative estimate of drug-likeness (QED) is 0.484.